The number of carbonyl (C=O) groups excluding carboxylic acids is 2. The minimum Gasteiger partial charge on any atom is -0.393 e. The third-order valence-corrected chi connectivity index (χ3v) is 11.5. The molecule has 0 heterocycles. The van der Waals surface area contributed by atoms with Gasteiger partial charge in [-0.05, 0) is 72.3 Å². The van der Waals surface area contributed by atoms with Crippen LogP contribution in [0.1, 0.15) is 93.4 Å². The van der Waals surface area contributed by atoms with Gasteiger partial charge in [-0.1, -0.05) is 72.8 Å². The molecule has 0 radical (unpaired) electrons. The molecule has 4 aliphatic rings. The number of ketones is 1. The number of Topliss-reactive ketones (excluding diaryl/α,β-unsaturated/α-hetero) is 1. The minimum atomic E-state index is -0.641. The van der Waals surface area contributed by atoms with Crippen LogP contribution < -0.4 is 5.48 Å². The summed E-state index contributed by atoms with van der Waals surface area (Å²) in [4.78, 5) is 25.8. The van der Waals surface area contributed by atoms with E-state index in [1.165, 1.54) is 11.1 Å². The molecule has 200 valence electrons. The van der Waals surface area contributed by atoms with Gasteiger partial charge < -0.3 is 5.11 Å². The maximum absolute atomic E-state index is 13.0. The van der Waals surface area contributed by atoms with E-state index in [-0.39, 0.29) is 33.5 Å². The molecule has 0 aromatic heterocycles. The summed E-state index contributed by atoms with van der Waals surface area (Å²) in [6, 6.07) is 0. The molecule has 0 aromatic carbocycles. The number of amides is 1. The second-order valence-corrected chi connectivity index (χ2v) is 13.8. The maximum atomic E-state index is 13.0. The van der Waals surface area contributed by atoms with Crippen LogP contribution in [0, 0.1) is 45.3 Å². The van der Waals surface area contributed by atoms with Gasteiger partial charge in [0.2, 0.25) is 5.91 Å². The Morgan fingerprint density at radius 2 is 1.83 bits per heavy atom. The molecule has 0 aromatic rings. The number of aliphatic hydroxyl groups excluding tert-OH is 1. The highest BCUT2D eigenvalue weighted by molar-refractivity contribution is 5.86. The molecule has 1 amide bonds. The number of carbonyl (C=O) groups is 2. The predicted octanol–water partition coefficient (Wildman–Crippen LogP) is 6.17. The van der Waals surface area contributed by atoms with Gasteiger partial charge in [-0.25, -0.2) is 5.48 Å². The fourth-order valence-electron chi connectivity index (χ4n) is 8.82. The Kier molecular flexibility index (Phi) is 6.78. The summed E-state index contributed by atoms with van der Waals surface area (Å²) in [7, 11) is 0. The fourth-order valence-corrected chi connectivity index (χ4v) is 8.82. The Bertz CT molecular complexity index is 1020. The lowest BCUT2D eigenvalue weighted by atomic mass is 9.44. The van der Waals surface area contributed by atoms with Gasteiger partial charge in [-0.15, -0.1) is 0 Å². The zero-order valence-electron chi connectivity index (χ0n) is 23.4. The van der Waals surface area contributed by atoms with E-state index in [9.17, 15) is 19.9 Å². The number of aliphatic hydroxyl groups is 1. The first-order chi connectivity index (χ1) is 16.6. The van der Waals surface area contributed by atoms with Crippen molar-refractivity contribution >= 4 is 11.7 Å². The Labute approximate surface area is 217 Å². The summed E-state index contributed by atoms with van der Waals surface area (Å²) in [5.41, 5.74) is 4.64. The molecule has 0 spiro atoms. The second-order valence-electron chi connectivity index (χ2n) is 13.8. The standard InChI is InChI=1S/C31H47NO4/c1-18(2)19(3)9-10-20(27(35)32-36)26-23(33)17-31(8)22-11-12-24-28(4,5)25(34)14-15-29(24,6)21(22)13-16-30(26,31)7/h11,13,18,20,23-24,26,33,36H,3,9-10,12,14-17H2,1-2,4-8H3,(H,32,35)/t20-,23-,24?,26+,29-,30-,31+/m1/s1. The van der Waals surface area contributed by atoms with Crippen LogP contribution in [0.25, 0.3) is 0 Å². The van der Waals surface area contributed by atoms with Crippen molar-refractivity contribution in [1.29, 1.82) is 0 Å². The Morgan fingerprint density at radius 3 is 2.44 bits per heavy atom. The first kappa shape index (κ1) is 27.3. The molecule has 4 rings (SSSR count). The number of allylic oxidation sites excluding steroid dienone is 5. The van der Waals surface area contributed by atoms with Gasteiger partial charge in [0.25, 0.3) is 0 Å². The maximum Gasteiger partial charge on any atom is 0.246 e. The summed E-state index contributed by atoms with van der Waals surface area (Å²) in [6.45, 7) is 19.5. The third-order valence-electron chi connectivity index (χ3n) is 11.5. The van der Waals surface area contributed by atoms with E-state index in [4.69, 9.17) is 0 Å². The average Bonchev–Trinajstić information content (AvgIpc) is 3.02. The van der Waals surface area contributed by atoms with Crippen molar-refractivity contribution in [3.63, 3.8) is 0 Å². The molecule has 3 N–H and O–H groups in total. The molecule has 2 saturated carbocycles. The van der Waals surface area contributed by atoms with Gasteiger partial charge in [-0.2, -0.15) is 0 Å². The summed E-state index contributed by atoms with van der Waals surface area (Å²) in [6.07, 6.45) is 9.06. The number of rotatable bonds is 6. The van der Waals surface area contributed by atoms with E-state index in [0.717, 1.165) is 24.8 Å². The Balaban J connectivity index is 1.74. The second kappa shape index (κ2) is 8.94. The first-order valence-electron chi connectivity index (χ1n) is 13.9. The lowest BCUT2D eigenvalue weighted by molar-refractivity contribution is -0.139. The summed E-state index contributed by atoms with van der Waals surface area (Å²) >= 11 is 0. The summed E-state index contributed by atoms with van der Waals surface area (Å²) in [5, 5.41) is 21.2. The van der Waals surface area contributed by atoms with Gasteiger partial charge in [-0.3, -0.25) is 14.8 Å². The van der Waals surface area contributed by atoms with E-state index in [0.29, 0.717) is 37.4 Å². The largest absolute Gasteiger partial charge is 0.393 e. The molecule has 5 nitrogen and oxygen atoms in total. The van der Waals surface area contributed by atoms with Crippen LogP contribution in [0.5, 0.6) is 0 Å². The van der Waals surface area contributed by atoms with Crippen molar-refractivity contribution in [2.24, 2.45) is 45.3 Å². The lowest BCUT2D eigenvalue weighted by Crippen LogP contribution is -2.53. The highest BCUT2D eigenvalue weighted by Crippen LogP contribution is 2.71. The Morgan fingerprint density at radius 1 is 1.17 bits per heavy atom. The van der Waals surface area contributed by atoms with Gasteiger partial charge in [0.15, 0.2) is 0 Å². The summed E-state index contributed by atoms with van der Waals surface area (Å²) < 4.78 is 0. The number of hydroxylamine groups is 1. The zero-order chi connectivity index (χ0) is 26.8. The molecular formula is C31H47NO4. The Hall–Kier alpha value is -1.72. The van der Waals surface area contributed by atoms with Gasteiger partial charge >= 0.3 is 0 Å². The molecule has 36 heavy (non-hydrogen) atoms. The van der Waals surface area contributed by atoms with Gasteiger partial charge in [0.05, 0.1) is 6.10 Å². The molecule has 5 heteroatoms. The summed E-state index contributed by atoms with van der Waals surface area (Å²) in [5.74, 6) is -0.222. The molecular weight excluding hydrogens is 450 g/mol. The van der Waals surface area contributed by atoms with Crippen LogP contribution >= 0.6 is 0 Å². The monoisotopic (exact) mass is 497 g/mol. The van der Waals surface area contributed by atoms with E-state index < -0.39 is 17.9 Å². The number of hydrogen-bond acceptors (Lipinski definition) is 4. The quantitative estimate of drug-likeness (QED) is 0.233. The highest BCUT2D eigenvalue weighted by Gasteiger charge is 2.66. The van der Waals surface area contributed by atoms with Crippen molar-refractivity contribution in [2.75, 3.05) is 0 Å². The van der Waals surface area contributed by atoms with Crippen LogP contribution in [-0.2, 0) is 9.59 Å². The number of nitrogens with one attached hydrogen (secondary N) is 1. The molecule has 2 fully saturated rings. The van der Waals surface area contributed by atoms with Crippen molar-refractivity contribution in [1.82, 2.24) is 5.48 Å². The molecule has 7 atom stereocenters. The van der Waals surface area contributed by atoms with E-state index >= 15 is 0 Å². The molecule has 1 unspecified atom stereocenters. The van der Waals surface area contributed by atoms with E-state index in [1.54, 1.807) is 0 Å². The number of hydrogen-bond donors (Lipinski definition) is 3. The van der Waals surface area contributed by atoms with Crippen molar-refractivity contribution in [3.8, 4) is 0 Å². The first-order valence-corrected chi connectivity index (χ1v) is 13.9. The molecule has 4 aliphatic carbocycles. The SMILES string of the molecule is C=C(CC[C@@H](C(=O)NO)[C@H]1[C@H](O)C[C@@]2(C)C3=CCC4C(C)(C)C(=O)CC[C@]4(C)C3=CC[C@]12C)C(C)C. The smallest absolute Gasteiger partial charge is 0.246 e. The van der Waals surface area contributed by atoms with Gasteiger partial charge in [0, 0.05) is 29.1 Å². The number of fused-ring (bicyclic) bond motifs is 5. The topological polar surface area (TPSA) is 86.6 Å². The van der Waals surface area contributed by atoms with Crippen LogP contribution in [-0.4, -0.2) is 28.1 Å². The van der Waals surface area contributed by atoms with Crippen LogP contribution in [0.15, 0.2) is 35.5 Å². The van der Waals surface area contributed by atoms with E-state index in [2.05, 4.69) is 67.2 Å². The van der Waals surface area contributed by atoms with Gasteiger partial charge in [0.1, 0.15) is 5.78 Å². The molecule has 0 saturated heterocycles. The highest BCUT2D eigenvalue weighted by atomic mass is 16.5. The molecule has 0 aliphatic heterocycles. The minimum absolute atomic E-state index is 0.0637. The zero-order valence-corrected chi connectivity index (χ0v) is 23.4. The van der Waals surface area contributed by atoms with Crippen LogP contribution in [0.2, 0.25) is 0 Å². The third kappa shape index (κ3) is 3.71. The average molecular weight is 498 g/mol. The van der Waals surface area contributed by atoms with Crippen LogP contribution in [0.3, 0.4) is 0 Å². The normalized spacial score (nSPS) is 39.9. The molecule has 0 bridgehead atoms. The van der Waals surface area contributed by atoms with E-state index in [1.807, 2.05) is 5.48 Å². The predicted molar refractivity (Wildman–Crippen MR) is 142 cm³/mol. The fraction of sp³-hybridized carbons (Fsp3) is 0.742. The van der Waals surface area contributed by atoms with Crippen molar-refractivity contribution in [2.45, 2.75) is 99.5 Å². The lowest BCUT2D eigenvalue weighted by Gasteiger charge is -2.59. The van der Waals surface area contributed by atoms with Crippen LogP contribution in [0.4, 0.5) is 0 Å². The van der Waals surface area contributed by atoms with Crippen molar-refractivity contribution < 1.29 is 19.9 Å². The van der Waals surface area contributed by atoms with Crippen molar-refractivity contribution in [3.05, 3.63) is 35.5 Å².